The van der Waals surface area contributed by atoms with Gasteiger partial charge >= 0.3 is 5.97 Å². The summed E-state index contributed by atoms with van der Waals surface area (Å²) in [6.07, 6.45) is 0. The van der Waals surface area contributed by atoms with Crippen LogP contribution in [-0.4, -0.2) is 19.1 Å². The van der Waals surface area contributed by atoms with Crippen molar-refractivity contribution in [1.29, 1.82) is 0 Å². The Labute approximate surface area is 100 Å². The highest BCUT2D eigenvalue weighted by Crippen LogP contribution is 2.26. The Morgan fingerprint density at radius 2 is 2.00 bits per heavy atom. The second-order valence-electron chi connectivity index (χ2n) is 3.09. The lowest BCUT2D eigenvalue weighted by Crippen LogP contribution is -2.40. The van der Waals surface area contributed by atoms with Gasteiger partial charge in [0.2, 0.25) is 5.67 Å². The van der Waals surface area contributed by atoms with Crippen molar-refractivity contribution in [2.75, 3.05) is 13.2 Å². The third-order valence-corrected chi connectivity index (χ3v) is 2.11. The molecule has 0 saturated carbocycles. The summed E-state index contributed by atoms with van der Waals surface area (Å²) >= 11 is 0. The molecule has 1 aromatic rings. The molecule has 0 saturated heterocycles. The van der Waals surface area contributed by atoms with Crippen LogP contribution in [0.1, 0.15) is 12.5 Å². The number of nitrogens with two attached hydrogens (primary N) is 1. The molecule has 90 valence electrons. The predicted molar refractivity (Wildman–Crippen MR) is 62.2 cm³/mol. The second-order valence-corrected chi connectivity index (χ2v) is 3.09. The van der Waals surface area contributed by atoms with Gasteiger partial charge in [0.1, 0.15) is 0 Å². The average molecular weight is 248 g/mol. The predicted octanol–water partition coefficient (Wildman–Crippen LogP) is 1.79. The van der Waals surface area contributed by atoms with Crippen molar-refractivity contribution in [3.8, 4) is 0 Å². The Hall–Kier alpha value is -1.13. The summed E-state index contributed by atoms with van der Waals surface area (Å²) in [4.78, 5) is 11.4. The number of rotatable bonds is 4. The first-order valence-corrected chi connectivity index (χ1v) is 4.77. The minimum Gasteiger partial charge on any atom is -0.463 e. The third kappa shape index (κ3) is 2.93. The van der Waals surface area contributed by atoms with Crippen LogP contribution in [0.2, 0.25) is 0 Å². The van der Waals surface area contributed by atoms with Crippen molar-refractivity contribution < 1.29 is 13.9 Å². The van der Waals surface area contributed by atoms with Crippen molar-refractivity contribution in [3.05, 3.63) is 35.9 Å². The van der Waals surface area contributed by atoms with Gasteiger partial charge in [-0.1, -0.05) is 30.3 Å². The van der Waals surface area contributed by atoms with E-state index in [-0.39, 0.29) is 24.6 Å². The van der Waals surface area contributed by atoms with Gasteiger partial charge in [-0.2, -0.15) is 0 Å². The number of hydrogen-bond acceptors (Lipinski definition) is 3. The van der Waals surface area contributed by atoms with E-state index in [1.165, 1.54) is 12.1 Å². The van der Waals surface area contributed by atoms with Crippen molar-refractivity contribution in [2.24, 2.45) is 5.73 Å². The molecule has 1 atom stereocenters. The summed E-state index contributed by atoms with van der Waals surface area (Å²) in [6.45, 7) is 1.34. The van der Waals surface area contributed by atoms with Crippen LogP contribution < -0.4 is 5.73 Å². The molecule has 1 aromatic carbocycles. The molecule has 2 N–H and O–H groups in total. The first-order valence-electron chi connectivity index (χ1n) is 4.77. The molecular weight excluding hydrogens is 233 g/mol. The maximum atomic E-state index is 14.2. The van der Waals surface area contributed by atoms with Gasteiger partial charge in [-0.15, -0.1) is 12.4 Å². The molecule has 1 rings (SSSR count). The van der Waals surface area contributed by atoms with Crippen molar-refractivity contribution >= 4 is 18.4 Å². The van der Waals surface area contributed by atoms with E-state index in [4.69, 9.17) is 5.73 Å². The number of esters is 1. The number of carbonyl (C=O) groups excluding carboxylic acids is 1. The number of benzene rings is 1. The first kappa shape index (κ1) is 14.9. The highest BCUT2D eigenvalue weighted by atomic mass is 35.5. The highest BCUT2D eigenvalue weighted by molar-refractivity contribution is 5.85. The fourth-order valence-electron chi connectivity index (χ4n) is 1.27. The van der Waals surface area contributed by atoms with Gasteiger partial charge in [0.05, 0.1) is 6.61 Å². The Bertz CT molecular complexity index is 334. The molecule has 0 amide bonds. The molecule has 0 fully saturated rings. The normalized spacial score (nSPS) is 13.4. The van der Waals surface area contributed by atoms with E-state index in [0.717, 1.165) is 0 Å². The van der Waals surface area contributed by atoms with Gasteiger partial charge in [0.15, 0.2) is 0 Å². The standard InChI is InChI=1S/C11H14FNO2.ClH/c1-2-15-10(14)11(12,8-13)9-6-4-3-5-7-9;/h3-7H,2,8,13H2,1H3;1H. The van der Waals surface area contributed by atoms with Crippen LogP contribution >= 0.6 is 12.4 Å². The molecule has 0 radical (unpaired) electrons. The van der Waals surface area contributed by atoms with E-state index in [1.54, 1.807) is 25.1 Å². The van der Waals surface area contributed by atoms with Gasteiger partial charge in [-0.25, -0.2) is 9.18 Å². The molecule has 0 spiro atoms. The van der Waals surface area contributed by atoms with Gasteiger partial charge in [-0.05, 0) is 6.92 Å². The number of alkyl halides is 1. The van der Waals surface area contributed by atoms with Crippen LogP contribution in [0, 0.1) is 0 Å². The summed E-state index contributed by atoms with van der Waals surface area (Å²) < 4.78 is 18.9. The fourth-order valence-corrected chi connectivity index (χ4v) is 1.27. The van der Waals surface area contributed by atoms with E-state index in [0.29, 0.717) is 0 Å². The molecule has 16 heavy (non-hydrogen) atoms. The van der Waals surface area contributed by atoms with Crippen molar-refractivity contribution in [2.45, 2.75) is 12.6 Å². The topological polar surface area (TPSA) is 52.3 Å². The lowest BCUT2D eigenvalue weighted by molar-refractivity contribution is -0.157. The number of hydrogen-bond donors (Lipinski definition) is 1. The van der Waals surface area contributed by atoms with E-state index in [2.05, 4.69) is 4.74 Å². The van der Waals surface area contributed by atoms with Crippen molar-refractivity contribution in [3.63, 3.8) is 0 Å². The minimum atomic E-state index is -2.24. The zero-order chi connectivity index (χ0) is 11.3. The Morgan fingerprint density at radius 1 is 1.44 bits per heavy atom. The van der Waals surface area contributed by atoms with Crippen LogP contribution in [0.15, 0.2) is 30.3 Å². The maximum absolute atomic E-state index is 14.2. The molecule has 0 aliphatic carbocycles. The van der Waals surface area contributed by atoms with Gasteiger partial charge in [0, 0.05) is 12.1 Å². The molecule has 1 unspecified atom stereocenters. The van der Waals surface area contributed by atoms with E-state index < -0.39 is 18.2 Å². The van der Waals surface area contributed by atoms with Crippen molar-refractivity contribution in [1.82, 2.24) is 0 Å². The largest absolute Gasteiger partial charge is 0.463 e. The summed E-state index contributed by atoms with van der Waals surface area (Å²) in [6, 6.07) is 8.08. The van der Waals surface area contributed by atoms with E-state index in [1.807, 2.05) is 0 Å². The Morgan fingerprint density at radius 3 is 2.44 bits per heavy atom. The second kappa shape index (κ2) is 6.45. The molecule has 0 bridgehead atoms. The quantitative estimate of drug-likeness (QED) is 0.826. The highest BCUT2D eigenvalue weighted by Gasteiger charge is 2.40. The van der Waals surface area contributed by atoms with Gasteiger partial charge in [-0.3, -0.25) is 0 Å². The molecule has 3 nitrogen and oxygen atoms in total. The fraction of sp³-hybridized carbons (Fsp3) is 0.364. The first-order chi connectivity index (χ1) is 7.15. The number of carbonyl (C=O) groups is 1. The number of ether oxygens (including phenoxy) is 1. The minimum absolute atomic E-state index is 0. The Kier molecular flexibility index (Phi) is 6.00. The van der Waals surface area contributed by atoms with E-state index in [9.17, 15) is 9.18 Å². The van der Waals surface area contributed by atoms with Crippen LogP contribution in [0.3, 0.4) is 0 Å². The van der Waals surface area contributed by atoms with Crippen LogP contribution in [-0.2, 0) is 15.2 Å². The summed E-state index contributed by atoms with van der Waals surface area (Å²) in [5, 5.41) is 0. The summed E-state index contributed by atoms with van der Waals surface area (Å²) in [5.41, 5.74) is 3.28. The SMILES string of the molecule is CCOC(=O)C(F)(CN)c1ccccc1.Cl. The molecule has 0 aliphatic rings. The zero-order valence-electron chi connectivity index (χ0n) is 8.98. The molecule has 0 aliphatic heterocycles. The van der Waals surface area contributed by atoms with E-state index >= 15 is 0 Å². The molecular formula is C11H15ClFNO2. The van der Waals surface area contributed by atoms with Crippen LogP contribution in [0.4, 0.5) is 4.39 Å². The molecule has 0 aromatic heterocycles. The Balaban J connectivity index is 0.00000225. The zero-order valence-corrected chi connectivity index (χ0v) is 9.80. The monoisotopic (exact) mass is 247 g/mol. The molecule has 5 heteroatoms. The lowest BCUT2D eigenvalue weighted by atomic mass is 9.96. The van der Waals surface area contributed by atoms with Crippen LogP contribution in [0.25, 0.3) is 0 Å². The number of halogens is 2. The molecule has 0 heterocycles. The van der Waals surface area contributed by atoms with Gasteiger partial charge < -0.3 is 10.5 Å². The smallest absolute Gasteiger partial charge is 0.349 e. The average Bonchev–Trinajstić information content (AvgIpc) is 2.29. The third-order valence-electron chi connectivity index (χ3n) is 2.11. The summed E-state index contributed by atoms with van der Waals surface area (Å²) in [7, 11) is 0. The van der Waals surface area contributed by atoms with Gasteiger partial charge in [0.25, 0.3) is 0 Å². The van der Waals surface area contributed by atoms with Crippen LogP contribution in [0.5, 0.6) is 0 Å². The lowest BCUT2D eigenvalue weighted by Gasteiger charge is -2.21. The maximum Gasteiger partial charge on any atom is 0.349 e. The summed E-state index contributed by atoms with van der Waals surface area (Å²) in [5.74, 6) is -0.932.